The molecule has 0 aromatic carbocycles. The van der Waals surface area contributed by atoms with Crippen molar-refractivity contribution < 1.29 is 0 Å². The zero-order chi connectivity index (χ0) is 13.0. The smallest absolute Gasteiger partial charge is 0.136 e. The lowest BCUT2D eigenvalue weighted by atomic mass is 10.1. The first-order chi connectivity index (χ1) is 8.74. The quantitative estimate of drug-likeness (QED) is 0.866. The van der Waals surface area contributed by atoms with Crippen LogP contribution in [0.5, 0.6) is 0 Å². The van der Waals surface area contributed by atoms with E-state index in [1.165, 1.54) is 18.4 Å². The van der Waals surface area contributed by atoms with Crippen molar-refractivity contribution in [2.45, 2.75) is 40.2 Å². The van der Waals surface area contributed by atoms with Gasteiger partial charge in [-0.1, -0.05) is 20.3 Å². The lowest BCUT2D eigenvalue weighted by molar-refractivity contribution is 0.568. The van der Waals surface area contributed by atoms with Gasteiger partial charge in [0.1, 0.15) is 11.6 Å². The van der Waals surface area contributed by atoms with Crippen molar-refractivity contribution >= 4 is 5.82 Å². The molecule has 100 valence electrons. The van der Waals surface area contributed by atoms with Crippen molar-refractivity contribution in [3.63, 3.8) is 0 Å². The molecule has 0 bridgehead atoms. The predicted molar refractivity (Wildman–Crippen MR) is 74.8 cm³/mol. The molecule has 2 rings (SSSR count). The number of hydrogen-bond acceptors (Lipinski definition) is 4. The molecule has 1 saturated heterocycles. The average Bonchev–Trinajstić information content (AvgIpc) is 2.86. The Bertz CT molecular complexity index is 391. The van der Waals surface area contributed by atoms with Gasteiger partial charge in [0.25, 0.3) is 0 Å². The topological polar surface area (TPSA) is 41.1 Å². The average molecular weight is 248 g/mol. The van der Waals surface area contributed by atoms with Crippen LogP contribution in [0.15, 0.2) is 6.20 Å². The maximum absolute atomic E-state index is 4.65. The number of rotatable bonds is 5. The van der Waals surface area contributed by atoms with E-state index in [4.69, 9.17) is 0 Å². The van der Waals surface area contributed by atoms with Crippen LogP contribution in [0.3, 0.4) is 0 Å². The molecule has 0 amide bonds. The Kier molecular flexibility index (Phi) is 4.53. The maximum Gasteiger partial charge on any atom is 0.136 e. The second-order valence-electron chi connectivity index (χ2n) is 5.06. The lowest BCUT2D eigenvalue weighted by Gasteiger charge is -2.21. The Morgan fingerprint density at radius 2 is 2.28 bits per heavy atom. The standard InChI is InChI=1S/C14H24N4/c1-4-12-6-7-18(10-12)14-13(8-15-5-2)9-16-11(3)17-14/h9,12,15H,4-8,10H2,1-3H3. The molecule has 1 aliphatic rings. The van der Waals surface area contributed by atoms with E-state index < -0.39 is 0 Å². The summed E-state index contributed by atoms with van der Waals surface area (Å²) in [4.78, 5) is 11.4. The van der Waals surface area contributed by atoms with Crippen molar-refractivity contribution in [3.8, 4) is 0 Å². The third-order valence-electron chi connectivity index (χ3n) is 3.69. The molecule has 0 saturated carbocycles. The molecule has 1 atom stereocenters. The van der Waals surface area contributed by atoms with Crippen LogP contribution in [0, 0.1) is 12.8 Å². The Balaban J connectivity index is 2.16. The zero-order valence-electron chi connectivity index (χ0n) is 11.7. The van der Waals surface area contributed by atoms with Crippen LogP contribution in [-0.2, 0) is 6.54 Å². The van der Waals surface area contributed by atoms with Gasteiger partial charge in [-0.25, -0.2) is 9.97 Å². The van der Waals surface area contributed by atoms with Gasteiger partial charge in [-0.2, -0.15) is 0 Å². The van der Waals surface area contributed by atoms with E-state index >= 15 is 0 Å². The molecule has 1 aromatic heterocycles. The van der Waals surface area contributed by atoms with Gasteiger partial charge >= 0.3 is 0 Å². The van der Waals surface area contributed by atoms with Crippen molar-refractivity contribution in [3.05, 3.63) is 17.6 Å². The van der Waals surface area contributed by atoms with E-state index in [2.05, 4.69) is 34.0 Å². The molecule has 2 heterocycles. The van der Waals surface area contributed by atoms with Crippen LogP contribution in [0.25, 0.3) is 0 Å². The van der Waals surface area contributed by atoms with Gasteiger partial charge in [0, 0.05) is 31.4 Å². The first kappa shape index (κ1) is 13.3. The van der Waals surface area contributed by atoms with Gasteiger partial charge in [0.2, 0.25) is 0 Å². The summed E-state index contributed by atoms with van der Waals surface area (Å²) in [6.07, 6.45) is 4.53. The molecular formula is C14H24N4. The van der Waals surface area contributed by atoms with Crippen molar-refractivity contribution in [2.24, 2.45) is 5.92 Å². The van der Waals surface area contributed by atoms with Gasteiger partial charge < -0.3 is 10.2 Å². The summed E-state index contributed by atoms with van der Waals surface area (Å²) in [5, 5.41) is 3.37. The number of aryl methyl sites for hydroxylation is 1. The molecule has 4 nitrogen and oxygen atoms in total. The first-order valence-corrected chi connectivity index (χ1v) is 7.02. The number of hydrogen-bond donors (Lipinski definition) is 1. The lowest BCUT2D eigenvalue weighted by Crippen LogP contribution is -2.24. The van der Waals surface area contributed by atoms with Crippen molar-refractivity contribution in [2.75, 3.05) is 24.5 Å². The maximum atomic E-state index is 4.65. The summed E-state index contributed by atoms with van der Waals surface area (Å²) in [6, 6.07) is 0. The predicted octanol–water partition coefficient (Wildman–Crippen LogP) is 2.13. The van der Waals surface area contributed by atoms with Gasteiger partial charge in [-0.3, -0.25) is 0 Å². The highest BCUT2D eigenvalue weighted by Gasteiger charge is 2.24. The number of nitrogens with zero attached hydrogens (tertiary/aromatic N) is 3. The van der Waals surface area contributed by atoms with Crippen molar-refractivity contribution in [1.29, 1.82) is 0 Å². The van der Waals surface area contributed by atoms with E-state index in [9.17, 15) is 0 Å². The van der Waals surface area contributed by atoms with E-state index in [1.807, 2.05) is 13.1 Å². The molecule has 1 aliphatic heterocycles. The summed E-state index contributed by atoms with van der Waals surface area (Å²) in [5.41, 5.74) is 1.22. The Morgan fingerprint density at radius 3 is 2.94 bits per heavy atom. The fourth-order valence-electron chi connectivity index (χ4n) is 2.50. The summed E-state index contributed by atoms with van der Waals surface area (Å²) < 4.78 is 0. The second kappa shape index (κ2) is 6.14. The minimum Gasteiger partial charge on any atom is -0.356 e. The zero-order valence-corrected chi connectivity index (χ0v) is 11.7. The molecule has 0 aliphatic carbocycles. The fourth-order valence-corrected chi connectivity index (χ4v) is 2.50. The summed E-state index contributed by atoms with van der Waals surface area (Å²) in [5.74, 6) is 2.83. The van der Waals surface area contributed by atoms with Gasteiger partial charge in [-0.15, -0.1) is 0 Å². The van der Waals surface area contributed by atoms with Crippen LogP contribution < -0.4 is 10.2 Å². The number of nitrogens with one attached hydrogen (secondary N) is 1. The van der Waals surface area contributed by atoms with Crippen molar-refractivity contribution in [1.82, 2.24) is 15.3 Å². The largest absolute Gasteiger partial charge is 0.356 e. The van der Waals surface area contributed by atoms with E-state index in [0.29, 0.717) is 0 Å². The highest BCUT2D eigenvalue weighted by atomic mass is 15.2. The summed E-state index contributed by atoms with van der Waals surface area (Å²) >= 11 is 0. The molecule has 18 heavy (non-hydrogen) atoms. The third-order valence-corrected chi connectivity index (χ3v) is 3.69. The van der Waals surface area contributed by atoms with E-state index in [1.54, 1.807) is 0 Å². The van der Waals surface area contributed by atoms with Gasteiger partial charge in [0.05, 0.1) is 0 Å². The van der Waals surface area contributed by atoms with Gasteiger partial charge in [-0.05, 0) is 25.8 Å². The molecule has 1 aromatic rings. The summed E-state index contributed by atoms with van der Waals surface area (Å²) in [6.45, 7) is 10.5. The van der Waals surface area contributed by atoms with Gasteiger partial charge in [0.15, 0.2) is 0 Å². The van der Waals surface area contributed by atoms with E-state index in [-0.39, 0.29) is 0 Å². The molecule has 1 unspecified atom stereocenters. The summed E-state index contributed by atoms with van der Waals surface area (Å²) in [7, 11) is 0. The Hall–Kier alpha value is -1.16. The Morgan fingerprint density at radius 1 is 1.44 bits per heavy atom. The van der Waals surface area contributed by atoms with Crippen LogP contribution in [0.2, 0.25) is 0 Å². The molecule has 1 N–H and O–H groups in total. The highest BCUT2D eigenvalue weighted by Crippen LogP contribution is 2.26. The van der Waals surface area contributed by atoms with Crippen LogP contribution >= 0.6 is 0 Å². The normalized spacial score (nSPS) is 19.5. The van der Waals surface area contributed by atoms with Crippen LogP contribution in [-0.4, -0.2) is 29.6 Å². The first-order valence-electron chi connectivity index (χ1n) is 7.02. The van der Waals surface area contributed by atoms with Crippen LogP contribution in [0.4, 0.5) is 5.82 Å². The molecular weight excluding hydrogens is 224 g/mol. The minimum absolute atomic E-state index is 0.826. The highest BCUT2D eigenvalue weighted by molar-refractivity contribution is 5.47. The fraction of sp³-hybridized carbons (Fsp3) is 0.714. The molecule has 0 radical (unpaired) electrons. The minimum atomic E-state index is 0.826. The monoisotopic (exact) mass is 248 g/mol. The third kappa shape index (κ3) is 2.99. The SMILES string of the molecule is CCNCc1cnc(C)nc1N1CCC(CC)C1. The second-order valence-corrected chi connectivity index (χ2v) is 5.06. The number of aromatic nitrogens is 2. The van der Waals surface area contributed by atoms with E-state index in [0.717, 1.165) is 43.7 Å². The molecule has 4 heteroatoms. The number of anilines is 1. The van der Waals surface area contributed by atoms with Crippen LogP contribution in [0.1, 0.15) is 38.1 Å². The molecule has 0 spiro atoms. The Labute approximate surface area is 110 Å². The molecule has 1 fully saturated rings.